The van der Waals surface area contributed by atoms with Crippen LogP contribution in [0, 0.1) is 5.92 Å². The molecule has 1 atom stereocenters. The summed E-state index contributed by atoms with van der Waals surface area (Å²) in [7, 11) is 0. The summed E-state index contributed by atoms with van der Waals surface area (Å²) in [5.41, 5.74) is 0.947. The van der Waals surface area contributed by atoms with E-state index in [4.69, 9.17) is 16.7 Å². The van der Waals surface area contributed by atoms with E-state index in [1.54, 1.807) is 25.1 Å². The van der Waals surface area contributed by atoms with E-state index in [9.17, 15) is 4.79 Å². The minimum Gasteiger partial charge on any atom is -0.481 e. The molecule has 0 fully saturated rings. The molecule has 17 heavy (non-hydrogen) atoms. The van der Waals surface area contributed by atoms with Gasteiger partial charge in [0.25, 0.3) is 0 Å². The van der Waals surface area contributed by atoms with Crippen molar-refractivity contribution in [3.63, 3.8) is 0 Å². The van der Waals surface area contributed by atoms with Crippen molar-refractivity contribution >= 4 is 23.3 Å². The van der Waals surface area contributed by atoms with Crippen molar-refractivity contribution in [2.45, 2.75) is 6.92 Å². The SMILES string of the molecule is C=CCN(CC(C)C(=O)O)c1ccc(Cl)cc1. The van der Waals surface area contributed by atoms with Crippen LogP contribution >= 0.6 is 11.6 Å². The van der Waals surface area contributed by atoms with E-state index in [0.717, 1.165) is 5.69 Å². The quantitative estimate of drug-likeness (QED) is 0.792. The molecule has 0 aliphatic heterocycles. The van der Waals surface area contributed by atoms with E-state index in [0.29, 0.717) is 18.1 Å². The summed E-state index contributed by atoms with van der Waals surface area (Å²) in [5.74, 6) is -1.22. The first kappa shape index (κ1) is 13.6. The van der Waals surface area contributed by atoms with E-state index < -0.39 is 11.9 Å². The third-order valence-corrected chi connectivity index (χ3v) is 2.71. The molecular formula is C13H16ClNO2. The Morgan fingerprint density at radius 1 is 1.53 bits per heavy atom. The number of hydrogen-bond acceptors (Lipinski definition) is 2. The molecule has 3 nitrogen and oxygen atoms in total. The molecule has 0 saturated heterocycles. The fourth-order valence-electron chi connectivity index (χ4n) is 1.50. The molecule has 0 aliphatic rings. The predicted octanol–water partition coefficient (Wildman–Crippen LogP) is 3.05. The normalized spacial score (nSPS) is 11.9. The summed E-state index contributed by atoms with van der Waals surface area (Å²) in [6, 6.07) is 7.33. The van der Waals surface area contributed by atoms with Gasteiger partial charge in [-0.15, -0.1) is 6.58 Å². The maximum Gasteiger partial charge on any atom is 0.308 e. The van der Waals surface area contributed by atoms with Crippen molar-refractivity contribution in [2.75, 3.05) is 18.0 Å². The first-order chi connectivity index (χ1) is 8.04. The fourth-order valence-corrected chi connectivity index (χ4v) is 1.63. The number of benzene rings is 1. The van der Waals surface area contributed by atoms with Crippen molar-refractivity contribution in [3.05, 3.63) is 41.9 Å². The van der Waals surface area contributed by atoms with Crippen LogP contribution in [0.5, 0.6) is 0 Å². The topological polar surface area (TPSA) is 40.5 Å². The van der Waals surface area contributed by atoms with Gasteiger partial charge >= 0.3 is 5.97 Å². The number of carboxylic acid groups (broad SMARTS) is 1. The number of rotatable bonds is 6. The van der Waals surface area contributed by atoms with E-state index in [2.05, 4.69) is 6.58 Å². The molecule has 1 unspecified atom stereocenters. The minimum absolute atomic E-state index is 0.425. The lowest BCUT2D eigenvalue weighted by atomic mass is 10.1. The lowest BCUT2D eigenvalue weighted by molar-refractivity contribution is -0.140. The van der Waals surface area contributed by atoms with Gasteiger partial charge in [0, 0.05) is 23.8 Å². The Morgan fingerprint density at radius 3 is 2.59 bits per heavy atom. The molecule has 1 aromatic carbocycles. The van der Waals surface area contributed by atoms with Gasteiger partial charge in [-0.1, -0.05) is 24.6 Å². The van der Waals surface area contributed by atoms with Gasteiger partial charge < -0.3 is 10.0 Å². The Hall–Kier alpha value is -1.48. The van der Waals surface area contributed by atoms with E-state index in [1.807, 2.05) is 17.0 Å². The van der Waals surface area contributed by atoms with E-state index >= 15 is 0 Å². The Morgan fingerprint density at radius 2 is 2.12 bits per heavy atom. The first-order valence-corrected chi connectivity index (χ1v) is 5.76. The molecule has 1 N–H and O–H groups in total. The Labute approximate surface area is 106 Å². The lowest BCUT2D eigenvalue weighted by Gasteiger charge is -2.25. The molecule has 4 heteroatoms. The number of aliphatic carboxylic acids is 1. The van der Waals surface area contributed by atoms with Gasteiger partial charge in [-0.3, -0.25) is 4.79 Å². The standard InChI is InChI=1S/C13H16ClNO2/c1-3-8-15(9-10(2)13(16)17)12-6-4-11(14)5-7-12/h3-7,10H,1,8-9H2,2H3,(H,16,17). The van der Waals surface area contributed by atoms with Crippen LogP contribution in [0.25, 0.3) is 0 Å². The van der Waals surface area contributed by atoms with Gasteiger partial charge in [-0.05, 0) is 24.3 Å². The summed E-state index contributed by atoms with van der Waals surface area (Å²) < 4.78 is 0. The van der Waals surface area contributed by atoms with Crippen LogP contribution in [0.3, 0.4) is 0 Å². The maximum atomic E-state index is 10.9. The number of anilines is 1. The summed E-state index contributed by atoms with van der Waals surface area (Å²) in [6.45, 7) is 6.43. The fraction of sp³-hybridized carbons (Fsp3) is 0.308. The van der Waals surface area contributed by atoms with Crippen LogP contribution in [-0.2, 0) is 4.79 Å². The highest BCUT2D eigenvalue weighted by Crippen LogP contribution is 2.19. The van der Waals surface area contributed by atoms with Crippen molar-refractivity contribution in [2.24, 2.45) is 5.92 Å². The van der Waals surface area contributed by atoms with Crippen LogP contribution in [0.4, 0.5) is 5.69 Å². The van der Waals surface area contributed by atoms with Gasteiger partial charge in [-0.25, -0.2) is 0 Å². The molecule has 0 heterocycles. The van der Waals surface area contributed by atoms with Crippen LogP contribution in [0.15, 0.2) is 36.9 Å². The molecule has 0 amide bonds. The van der Waals surface area contributed by atoms with Crippen molar-refractivity contribution < 1.29 is 9.90 Å². The molecule has 0 radical (unpaired) electrons. The van der Waals surface area contributed by atoms with Crippen LogP contribution in [0.2, 0.25) is 5.02 Å². The second kappa shape index (κ2) is 6.30. The van der Waals surface area contributed by atoms with Crippen molar-refractivity contribution in [1.82, 2.24) is 0 Å². The van der Waals surface area contributed by atoms with Gasteiger partial charge in [0.1, 0.15) is 0 Å². The van der Waals surface area contributed by atoms with Gasteiger partial charge in [0.15, 0.2) is 0 Å². The van der Waals surface area contributed by atoms with E-state index in [1.165, 1.54) is 0 Å². The molecule has 0 spiro atoms. The molecule has 92 valence electrons. The number of nitrogens with zero attached hydrogens (tertiary/aromatic N) is 1. The molecule has 0 saturated carbocycles. The Bertz CT molecular complexity index is 389. The predicted molar refractivity (Wildman–Crippen MR) is 70.7 cm³/mol. The van der Waals surface area contributed by atoms with Crippen molar-refractivity contribution in [1.29, 1.82) is 0 Å². The molecule has 0 bridgehead atoms. The highest BCUT2D eigenvalue weighted by atomic mass is 35.5. The highest BCUT2D eigenvalue weighted by molar-refractivity contribution is 6.30. The second-order valence-corrected chi connectivity index (χ2v) is 4.35. The largest absolute Gasteiger partial charge is 0.481 e. The first-order valence-electron chi connectivity index (χ1n) is 5.38. The van der Waals surface area contributed by atoms with Crippen LogP contribution in [-0.4, -0.2) is 24.2 Å². The molecule has 0 aromatic heterocycles. The summed E-state index contributed by atoms with van der Waals surface area (Å²) in [5, 5.41) is 9.58. The zero-order valence-corrected chi connectivity index (χ0v) is 10.5. The highest BCUT2D eigenvalue weighted by Gasteiger charge is 2.15. The zero-order chi connectivity index (χ0) is 12.8. The maximum absolute atomic E-state index is 10.9. The van der Waals surface area contributed by atoms with Crippen molar-refractivity contribution in [3.8, 4) is 0 Å². The van der Waals surface area contributed by atoms with Crippen LogP contribution < -0.4 is 4.90 Å². The smallest absolute Gasteiger partial charge is 0.308 e. The van der Waals surface area contributed by atoms with E-state index in [-0.39, 0.29) is 0 Å². The lowest BCUT2D eigenvalue weighted by Crippen LogP contribution is -2.31. The van der Waals surface area contributed by atoms with Gasteiger partial charge in [-0.2, -0.15) is 0 Å². The molecular weight excluding hydrogens is 238 g/mol. The average molecular weight is 254 g/mol. The summed E-state index contributed by atoms with van der Waals surface area (Å²) in [6.07, 6.45) is 1.75. The molecule has 0 aliphatic carbocycles. The number of carbonyl (C=O) groups is 1. The third kappa shape index (κ3) is 4.11. The summed E-state index contributed by atoms with van der Waals surface area (Å²) >= 11 is 5.82. The Kier molecular flexibility index (Phi) is 5.04. The van der Waals surface area contributed by atoms with Crippen LogP contribution in [0.1, 0.15) is 6.92 Å². The number of hydrogen-bond donors (Lipinski definition) is 1. The third-order valence-electron chi connectivity index (χ3n) is 2.46. The Balaban J connectivity index is 2.81. The van der Waals surface area contributed by atoms with Gasteiger partial charge in [0.05, 0.1) is 5.92 Å². The number of halogens is 1. The molecule has 1 aromatic rings. The second-order valence-electron chi connectivity index (χ2n) is 3.91. The molecule has 1 rings (SSSR count). The monoisotopic (exact) mass is 253 g/mol. The average Bonchev–Trinajstić information content (AvgIpc) is 2.29. The number of carboxylic acids is 1. The van der Waals surface area contributed by atoms with Gasteiger partial charge in [0.2, 0.25) is 0 Å². The minimum atomic E-state index is -0.798. The zero-order valence-electron chi connectivity index (χ0n) is 9.77. The summed E-state index contributed by atoms with van der Waals surface area (Å²) in [4.78, 5) is 12.8.